The monoisotopic (exact) mass is 353 g/mol. The lowest BCUT2D eigenvalue weighted by molar-refractivity contribution is -0.137. The zero-order chi connectivity index (χ0) is 15.8. The van der Waals surface area contributed by atoms with E-state index in [2.05, 4.69) is 4.98 Å². The number of alkyl halides is 3. The van der Waals surface area contributed by atoms with Crippen LogP contribution in [-0.4, -0.2) is 11.3 Å². The topological polar surface area (TPSA) is 30.0 Å². The highest BCUT2D eigenvalue weighted by Crippen LogP contribution is 2.37. The number of halogens is 6. The normalized spacial score (nSPS) is 11.5. The van der Waals surface area contributed by atoms with Gasteiger partial charge in [0.15, 0.2) is 6.29 Å². The molecule has 0 radical (unpaired) electrons. The Labute approximate surface area is 132 Å². The van der Waals surface area contributed by atoms with E-state index in [4.69, 9.17) is 34.8 Å². The highest BCUT2D eigenvalue weighted by atomic mass is 35.5. The zero-order valence-electron chi connectivity index (χ0n) is 10.0. The van der Waals surface area contributed by atoms with Gasteiger partial charge in [-0.1, -0.05) is 40.9 Å². The van der Waals surface area contributed by atoms with Crippen molar-refractivity contribution in [3.8, 4) is 11.3 Å². The summed E-state index contributed by atoms with van der Waals surface area (Å²) in [5, 5.41) is -0.112. The van der Waals surface area contributed by atoms with Gasteiger partial charge in [0.2, 0.25) is 0 Å². The van der Waals surface area contributed by atoms with Crippen LogP contribution in [0.1, 0.15) is 15.9 Å². The first-order chi connectivity index (χ1) is 9.75. The second-order valence-electron chi connectivity index (χ2n) is 3.99. The molecule has 1 aromatic carbocycles. The number of aldehydes is 1. The molecule has 0 amide bonds. The van der Waals surface area contributed by atoms with E-state index in [0.29, 0.717) is 12.5 Å². The molecule has 8 heteroatoms. The minimum atomic E-state index is -4.56. The van der Waals surface area contributed by atoms with Crippen molar-refractivity contribution in [2.75, 3.05) is 0 Å². The van der Waals surface area contributed by atoms with Crippen LogP contribution >= 0.6 is 34.8 Å². The molecule has 0 aliphatic heterocycles. The molecule has 2 nitrogen and oxygen atoms in total. The van der Waals surface area contributed by atoms with Crippen LogP contribution in [0.3, 0.4) is 0 Å². The molecule has 0 saturated carbocycles. The van der Waals surface area contributed by atoms with Crippen molar-refractivity contribution in [3.05, 3.63) is 50.6 Å². The summed E-state index contributed by atoms with van der Waals surface area (Å²) in [6.07, 6.45) is -3.47. The van der Waals surface area contributed by atoms with Crippen LogP contribution in [0.2, 0.25) is 15.1 Å². The Balaban J connectivity index is 2.64. The quantitative estimate of drug-likeness (QED) is 0.663. The minimum absolute atomic E-state index is 0.0121. The summed E-state index contributed by atoms with van der Waals surface area (Å²) < 4.78 is 37.7. The first-order valence-corrected chi connectivity index (χ1v) is 6.55. The summed E-state index contributed by atoms with van der Waals surface area (Å²) in [6.45, 7) is 0. The van der Waals surface area contributed by atoms with Gasteiger partial charge >= 0.3 is 6.18 Å². The van der Waals surface area contributed by atoms with Crippen LogP contribution in [0.25, 0.3) is 11.3 Å². The van der Waals surface area contributed by atoms with E-state index in [-0.39, 0.29) is 31.9 Å². The predicted octanol–water partition coefficient (Wildman–Crippen LogP) is 5.54. The maximum Gasteiger partial charge on any atom is 0.417 e. The SMILES string of the molecule is O=Cc1c(-c2ncc(C(F)(F)F)cc2Cl)ccc(Cl)c1Cl. The van der Waals surface area contributed by atoms with Gasteiger partial charge in [0.1, 0.15) is 0 Å². The van der Waals surface area contributed by atoms with Crippen molar-refractivity contribution in [2.45, 2.75) is 6.18 Å². The van der Waals surface area contributed by atoms with Crippen molar-refractivity contribution in [3.63, 3.8) is 0 Å². The van der Waals surface area contributed by atoms with E-state index in [0.717, 1.165) is 6.07 Å². The Kier molecular flexibility index (Phi) is 4.46. The molecule has 110 valence electrons. The van der Waals surface area contributed by atoms with Gasteiger partial charge in [-0.3, -0.25) is 9.78 Å². The number of hydrogen-bond acceptors (Lipinski definition) is 2. The van der Waals surface area contributed by atoms with Crippen LogP contribution in [0.4, 0.5) is 13.2 Å². The summed E-state index contributed by atoms with van der Waals surface area (Å²) in [7, 11) is 0. The average molecular weight is 355 g/mol. The van der Waals surface area contributed by atoms with Gasteiger partial charge in [0.05, 0.1) is 26.3 Å². The van der Waals surface area contributed by atoms with Gasteiger partial charge in [-0.05, 0) is 12.1 Å². The third kappa shape index (κ3) is 3.15. The van der Waals surface area contributed by atoms with Crippen LogP contribution in [-0.2, 0) is 6.18 Å². The maximum atomic E-state index is 12.6. The lowest BCUT2D eigenvalue weighted by atomic mass is 10.0. The Morgan fingerprint density at radius 1 is 1.10 bits per heavy atom. The smallest absolute Gasteiger partial charge is 0.298 e. The molecule has 0 fully saturated rings. The molecule has 0 spiro atoms. The lowest BCUT2D eigenvalue weighted by Gasteiger charge is -2.11. The van der Waals surface area contributed by atoms with Crippen LogP contribution in [0.15, 0.2) is 24.4 Å². The number of pyridine rings is 1. The number of hydrogen-bond donors (Lipinski definition) is 0. The number of carbonyl (C=O) groups excluding carboxylic acids is 1. The Bertz CT molecular complexity index is 717. The average Bonchev–Trinajstić information content (AvgIpc) is 2.41. The first-order valence-electron chi connectivity index (χ1n) is 5.42. The summed E-state index contributed by atoms with van der Waals surface area (Å²) in [5.74, 6) is 0. The van der Waals surface area contributed by atoms with E-state index in [9.17, 15) is 18.0 Å². The second-order valence-corrected chi connectivity index (χ2v) is 5.19. The molecule has 0 bridgehead atoms. The standard InChI is InChI=1S/C13H5Cl3F3NO/c14-9-2-1-7(8(5-21)11(9)16)12-10(15)3-6(4-20-12)13(17,18)19/h1-5H. The number of benzene rings is 1. The summed E-state index contributed by atoms with van der Waals surface area (Å²) in [5.41, 5.74) is -0.745. The number of rotatable bonds is 2. The van der Waals surface area contributed by atoms with Gasteiger partial charge in [-0.2, -0.15) is 13.2 Å². The molecular formula is C13H5Cl3F3NO. The molecule has 21 heavy (non-hydrogen) atoms. The third-order valence-corrected chi connectivity index (χ3v) is 3.78. The summed E-state index contributed by atoms with van der Waals surface area (Å²) in [6, 6.07) is 3.56. The highest BCUT2D eigenvalue weighted by molar-refractivity contribution is 6.44. The molecule has 0 aliphatic carbocycles. The molecule has 0 aliphatic rings. The van der Waals surface area contributed by atoms with E-state index in [1.54, 1.807) is 0 Å². The largest absolute Gasteiger partial charge is 0.417 e. The number of carbonyl (C=O) groups is 1. The van der Waals surface area contributed by atoms with E-state index < -0.39 is 11.7 Å². The fourth-order valence-electron chi connectivity index (χ4n) is 1.68. The lowest BCUT2D eigenvalue weighted by Crippen LogP contribution is -2.06. The Hall–Kier alpha value is -1.30. The molecule has 2 rings (SSSR count). The van der Waals surface area contributed by atoms with Crippen molar-refractivity contribution in [2.24, 2.45) is 0 Å². The van der Waals surface area contributed by atoms with Crippen molar-refractivity contribution >= 4 is 41.1 Å². The third-order valence-electron chi connectivity index (χ3n) is 2.67. The van der Waals surface area contributed by atoms with Crippen molar-refractivity contribution < 1.29 is 18.0 Å². The van der Waals surface area contributed by atoms with E-state index in [1.807, 2.05) is 0 Å². The predicted molar refractivity (Wildman–Crippen MR) is 75.1 cm³/mol. The van der Waals surface area contributed by atoms with Gasteiger partial charge in [-0.15, -0.1) is 0 Å². The molecule has 1 heterocycles. The second kappa shape index (κ2) is 5.83. The molecule has 0 unspecified atom stereocenters. The van der Waals surface area contributed by atoms with Crippen LogP contribution < -0.4 is 0 Å². The van der Waals surface area contributed by atoms with Gasteiger partial charge < -0.3 is 0 Å². The molecule has 0 saturated heterocycles. The van der Waals surface area contributed by atoms with Crippen LogP contribution in [0, 0.1) is 0 Å². The Morgan fingerprint density at radius 2 is 1.76 bits per heavy atom. The highest BCUT2D eigenvalue weighted by Gasteiger charge is 2.32. The fraction of sp³-hybridized carbons (Fsp3) is 0.0769. The molecule has 0 atom stereocenters. The number of nitrogens with zero attached hydrogens (tertiary/aromatic N) is 1. The number of aromatic nitrogens is 1. The maximum absolute atomic E-state index is 12.6. The van der Waals surface area contributed by atoms with Crippen LogP contribution in [0.5, 0.6) is 0 Å². The minimum Gasteiger partial charge on any atom is -0.298 e. The first kappa shape index (κ1) is 16.1. The summed E-state index contributed by atoms with van der Waals surface area (Å²) in [4.78, 5) is 14.8. The van der Waals surface area contributed by atoms with E-state index >= 15 is 0 Å². The van der Waals surface area contributed by atoms with Gasteiger partial charge in [0, 0.05) is 17.3 Å². The zero-order valence-corrected chi connectivity index (χ0v) is 12.3. The van der Waals surface area contributed by atoms with Gasteiger partial charge in [0.25, 0.3) is 0 Å². The van der Waals surface area contributed by atoms with Gasteiger partial charge in [-0.25, -0.2) is 0 Å². The fourth-order valence-corrected chi connectivity index (χ4v) is 2.32. The Morgan fingerprint density at radius 3 is 2.29 bits per heavy atom. The van der Waals surface area contributed by atoms with Crippen molar-refractivity contribution in [1.82, 2.24) is 4.98 Å². The molecule has 2 aromatic rings. The van der Waals surface area contributed by atoms with E-state index in [1.165, 1.54) is 12.1 Å². The molecular weight excluding hydrogens is 350 g/mol. The molecule has 1 aromatic heterocycles. The molecule has 0 N–H and O–H groups in total. The summed E-state index contributed by atoms with van der Waals surface area (Å²) >= 11 is 17.5. The van der Waals surface area contributed by atoms with Crippen molar-refractivity contribution in [1.29, 1.82) is 0 Å².